The van der Waals surface area contributed by atoms with Gasteiger partial charge in [-0.25, -0.2) is 0 Å². The molecule has 2 rings (SSSR count). The van der Waals surface area contributed by atoms with Crippen molar-refractivity contribution in [2.24, 2.45) is 5.92 Å². The zero-order valence-electron chi connectivity index (χ0n) is 10.2. The first-order valence-electron chi connectivity index (χ1n) is 6.25. The smallest absolute Gasteiger partial charge is 0.253 e. The minimum absolute atomic E-state index is 0.196. The van der Waals surface area contributed by atoms with Crippen LogP contribution in [0.15, 0.2) is 24.3 Å². The highest BCUT2D eigenvalue weighted by molar-refractivity contribution is 14.1. The predicted molar refractivity (Wildman–Crippen MR) is 78.1 cm³/mol. The summed E-state index contributed by atoms with van der Waals surface area (Å²) in [5.74, 6) is 0.911. The molecule has 0 aromatic heterocycles. The van der Waals surface area contributed by atoms with Crippen molar-refractivity contribution in [2.75, 3.05) is 13.1 Å². The molecule has 0 saturated carbocycles. The Hall–Kier alpha value is -0.580. The molecule has 1 heterocycles. The summed E-state index contributed by atoms with van der Waals surface area (Å²) in [5.41, 5.74) is 0.828. The molecular weight excluding hydrogens is 325 g/mol. The Bertz CT molecular complexity index is 405. The molecule has 1 amide bonds. The van der Waals surface area contributed by atoms with Crippen molar-refractivity contribution in [3.63, 3.8) is 0 Å². The lowest BCUT2D eigenvalue weighted by atomic mass is 10.0. The number of carbonyl (C=O) groups is 1. The summed E-state index contributed by atoms with van der Waals surface area (Å²) in [7, 11) is 0. The number of hydrogen-bond donors (Lipinski definition) is 0. The first kappa shape index (κ1) is 12.9. The van der Waals surface area contributed by atoms with Gasteiger partial charge in [0, 0.05) is 22.2 Å². The maximum absolute atomic E-state index is 12.3. The summed E-state index contributed by atoms with van der Waals surface area (Å²) < 4.78 is 1.12. The topological polar surface area (TPSA) is 20.3 Å². The molecule has 1 unspecified atom stereocenters. The van der Waals surface area contributed by atoms with E-state index in [9.17, 15) is 4.79 Å². The van der Waals surface area contributed by atoms with Gasteiger partial charge in [0.1, 0.15) is 0 Å². The van der Waals surface area contributed by atoms with Gasteiger partial charge in [0.2, 0.25) is 0 Å². The van der Waals surface area contributed by atoms with Crippen molar-refractivity contribution in [1.29, 1.82) is 0 Å². The molecule has 92 valence electrons. The van der Waals surface area contributed by atoms with Crippen LogP contribution in [0.5, 0.6) is 0 Å². The number of halogens is 1. The van der Waals surface area contributed by atoms with Gasteiger partial charge in [0.05, 0.1) is 0 Å². The van der Waals surface area contributed by atoms with E-state index < -0.39 is 0 Å². The normalized spacial score (nSPS) is 19.6. The van der Waals surface area contributed by atoms with Gasteiger partial charge in [-0.05, 0) is 59.5 Å². The first-order valence-corrected chi connectivity index (χ1v) is 7.33. The Labute approximate surface area is 117 Å². The molecule has 0 spiro atoms. The molecule has 3 heteroatoms. The van der Waals surface area contributed by atoms with Crippen LogP contribution in [0.3, 0.4) is 0 Å². The Morgan fingerprint density at radius 3 is 3.06 bits per heavy atom. The number of benzene rings is 1. The highest BCUT2D eigenvalue weighted by Gasteiger charge is 2.26. The Morgan fingerprint density at radius 1 is 1.53 bits per heavy atom. The Balaban J connectivity index is 2.02. The van der Waals surface area contributed by atoms with Gasteiger partial charge < -0.3 is 4.90 Å². The Morgan fingerprint density at radius 2 is 2.35 bits per heavy atom. The molecule has 17 heavy (non-hydrogen) atoms. The Kier molecular flexibility index (Phi) is 4.42. The van der Waals surface area contributed by atoms with Gasteiger partial charge in [-0.2, -0.15) is 0 Å². The molecule has 1 fully saturated rings. The molecule has 1 saturated heterocycles. The summed E-state index contributed by atoms with van der Waals surface area (Å²) in [5, 5.41) is 0. The van der Waals surface area contributed by atoms with Crippen molar-refractivity contribution in [3.05, 3.63) is 33.4 Å². The average Bonchev–Trinajstić information content (AvgIpc) is 2.77. The number of amides is 1. The molecule has 1 aliphatic heterocycles. The molecule has 1 atom stereocenters. The average molecular weight is 343 g/mol. The lowest BCUT2D eigenvalue weighted by molar-refractivity contribution is 0.0786. The molecule has 1 aromatic rings. The van der Waals surface area contributed by atoms with Crippen LogP contribution in [0.2, 0.25) is 0 Å². The van der Waals surface area contributed by atoms with E-state index in [1.54, 1.807) is 0 Å². The van der Waals surface area contributed by atoms with E-state index in [2.05, 4.69) is 29.5 Å². The maximum atomic E-state index is 12.3. The van der Waals surface area contributed by atoms with Crippen molar-refractivity contribution >= 4 is 28.5 Å². The monoisotopic (exact) mass is 343 g/mol. The van der Waals surface area contributed by atoms with E-state index in [4.69, 9.17) is 0 Å². The molecule has 1 aromatic carbocycles. The number of rotatable bonds is 3. The van der Waals surface area contributed by atoms with Crippen LogP contribution in [-0.2, 0) is 0 Å². The molecule has 0 radical (unpaired) electrons. The van der Waals surface area contributed by atoms with E-state index in [-0.39, 0.29) is 5.91 Å². The van der Waals surface area contributed by atoms with Gasteiger partial charge in [-0.3, -0.25) is 4.79 Å². The third kappa shape index (κ3) is 3.21. The molecule has 2 nitrogen and oxygen atoms in total. The van der Waals surface area contributed by atoms with Crippen molar-refractivity contribution < 1.29 is 4.79 Å². The quantitative estimate of drug-likeness (QED) is 0.769. The predicted octanol–water partition coefficient (Wildman–Crippen LogP) is 3.55. The fourth-order valence-corrected chi connectivity index (χ4v) is 3.01. The van der Waals surface area contributed by atoms with Crippen LogP contribution < -0.4 is 0 Å². The minimum Gasteiger partial charge on any atom is -0.338 e. The largest absolute Gasteiger partial charge is 0.338 e. The van der Waals surface area contributed by atoms with Crippen LogP contribution in [0.1, 0.15) is 36.5 Å². The summed E-state index contributed by atoms with van der Waals surface area (Å²) in [4.78, 5) is 14.3. The van der Waals surface area contributed by atoms with Gasteiger partial charge in [0.15, 0.2) is 0 Å². The van der Waals surface area contributed by atoms with E-state index in [0.717, 1.165) is 22.2 Å². The van der Waals surface area contributed by atoms with Gasteiger partial charge in [-0.1, -0.05) is 19.4 Å². The highest BCUT2D eigenvalue weighted by Crippen LogP contribution is 2.22. The highest BCUT2D eigenvalue weighted by atomic mass is 127. The second-order valence-corrected chi connectivity index (χ2v) is 5.95. The summed E-state index contributed by atoms with van der Waals surface area (Å²) in [6.07, 6.45) is 3.63. The molecule has 0 N–H and O–H groups in total. The third-order valence-electron chi connectivity index (χ3n) is 3.34. The minimum atomic E-state index is 0.196. The summed E-state index contributed by atoms with van der Waals surface area (Å²) >= 11 is 2.25. The molecule has 0 aliphatic carbocycles. The lowest BCUT2D eigenvalue weighted by Gasteiger charge is -2.16. The fourth-order valence-electron chi connectivity index (χ4n) is 2.47. The zero-order chi connectivity index (χ0) is 12.3. The van der Waals surface area contributed by atoms with Gasteiger partial charge in [0.25, 0.3) is 5.91 Å². The van der Waals surface area contributed by atoms with E-state index >= 15 is 0 Å². The number of likely N-dealkylation sites (tertiary alicyclic amines) is 1. The zero-order valence-corrected chi connectivity index (χ0v) is 12.3. The SMILES string of the molecule is CCCC1CCN(C(=O)c2cccc(I)c2)C1. The second kappa shape index (κ2) is 5.85. The first-order chi connectivity index (χ1) is 8.20. The maximum Gasteiger partial charge on any atom is 0.253 e. The van der Waals surface area contributed by atoms with Gasteiger partial charge in [-0.15, -0.1) is 0 Å². The van der Waals surface area contributed by atoms with Crippen LogP contribution in [-0.4, -0.2) is 23.9 Å². The van der Waals surface area contributed by atoms with Crippen molar-refractivity contribution in [2.45, 2.75) is 26.2 Å². The van der Waals surface area contributed by atoms with Crippen LogP contribution in [0.25, 0.3) is 0 Å². The molecular formula is C14H18INO. The van der Waals surface area contributed by atoms with Crippen LogP contribution in [0.4, 0.5) is 0 Å². The van der Waals surface area contributed by atoms with Crippen LogP contribution in [0, 0.1) is 9.49 Å². The molecule has 1 aliphatic rings. The van der Waals surface area contributed by atoms with E-state index in [1.165, 1.54) is 19.3 Å². The fraction of sp³-hybridized carbons (Fsp3) is 0.500. The standard InChI is InChI=1S/C14H18INO/c1-2-4-11-7-8-16(10-11)14(17)12-5-3-6-13(15)9-12/h3,5-6,9,11H,2,4,7-8,10H2,1H3. The number of hydrogen-bond acceptors (Lipinski definition) is 1. The van der Waals surface area contributed by atoms with Crippen molar-refractivity contribution in [1.82, 2.24) is 4.90 Å². The van der Waals surface area contributed by atoms with Gasteiger partial charge >= 0.3 is 0 Å². The van der Waals surface area contributed by atoms with E-state index in [0.29, 0.717) is 5.92 Å². The van der Waals surface area contributed by atoms with E-state index in [1.807, 2.05) is 29.2 Å². The summed E-state index contributed by atoms with van der Waals surface area (Å²) in [6, 6.07) is 7.85. The third-order valence-corrected chi connectivity index (χ3v) is 4.01. The second-order valence-electron chi connectivity index (χ2n) is 4.70. The number of carbonyl (C=O) groups excluding carboxylic acids is 1. The lowest BCUT2D eigenvalue weighted by Crippen LogP contribution is -2.28. The number of nitrogens with zero attached hydrogens (tertiary/aromatic N) is 1. The summed E-state index contributed by atoms with van der Waals surface area (Å²) in [6.45, 7) is 4.08. The van der Waals surface area contributed by atoms with Crippen molar-refractivity contribution in [3.8, 4) is 0 Å². The van der Waals surface area contributed by atoms with Crippen LogP contribution >= 0.6 is 22.6 Å². The molecule has 0 bridgehead atoms.